The van der Waals surface area contributed by atoms with Gasteiger partial charge in [0.2, 0.25) is 5.91 Å². The van der Waals surface area contributed by atoms with Crippen LogP contribution in [0.2, 0.25) is 0 Å². The van der Waals surface area contributed by atoms with Gasteiger partial charge in [-0.05, 0) is 31.9 Å². The highest BCUT2D eigenvalue weighted by molar-refractivity contribution is 5.78. The van der Waals surface area contributed by atoms with Gasteiger partial charge < -0.3 is 10.6 Å². The van der Waals surface area contributed by atoms with Crippen molar-refractivity contribution in [3.63, 3.8) is 0 Å². The quantitative estimate of drug-likeness (QED) is 0.414. The fraction of sp³-hybridized carbons (Fsp3) is 0.533. The zero-order valence-corrected chi connectivity index (χ0v) is 12.6. The van der Waals surface area contributed by atoms with Crippen molar-refractivity contribution in [1.29, 1.82) is 0 Å². The van der Waals surface area contributed by atoms with Crippen molar-refractivity contribution in [3.05, 3.63) is 39.9 Å². The number of carbonyl (C=O) groups is 1. The Hall–Kier alpha value is -1.95. The van der Waals surface area contributed by atoms with Crippen molar-refractivity contribution in [2.24, 2.45) is 5.92 Å². The lowest BCUT2D eigenvalue weighted by Gasteiger charge is -2.11. The van der Waals surface area contributed by atoms with Crippen molar-refractivity contribution in [2.45, 2.75) is 26.2 Å². The molecule has 0 aliphatic rings. The molecule has 0 saturated carbocycles. The van der Waals surface area contributed by atoms with E-state index in [0.717, 1.165) is 24.8 Å². The van der Waals surface area contributed by atoms with Crippen molar-refractivity contribution in [2.75, 3.05) is 20.1 Å². The van der Waals surface area contributed by atoms with Gasteiger partial charge in [0.25, 0.3) is 5.69 Å². The molecule has 21 heavy (non-hydrogen) atoms. The maximum atomic E-state index is 11.7. The van der Waals surface area contributed by atoms with E-state index < -0.39 is 4.92 Å². The van der Waals surface area contributed by atoms with Gasteiger partial charge in [-0.3, -0.25) is 14.9 Å². The molecule has 6 nitrogen and oxygen atoms in total. The number of non-ortho nitro benzene ring substituents is 1. The number of nitro groups is 1. The fourth-order valence-electron chi connectivity index (χ4n) is 2.02. The van der Waals surface area contributed by atoms with E-state index in [0.29, 0.717) is 13.1 Å². The van der Waals surface area contributed by atoms with E-state index in [1.165, 1.54) is 12.1 Å². The Morgan fingerprint density at radius 2 is 1.95 bits per heavy atom. The maximum absolute atomic E-state index is 11.7. The highest BCUT2D eigenvalue weighted by Gasteiger charge is 2.10. The van der Waals surface area contributed by atoms with Gasteiger partial charge in [0.15, 0.2) is 0 Å². The summed E-state index contributed by atoms with van der Waals surface area (Å²) in [5.74, 6) is 0.0457. The summed E-state index contributed by atoms with van der Waals surface area (Å²) in [7, 11) is 1.83. The summed E-state index contributed by atoms with van der Waals surface area (Å²) in [6, 6.07) is 6.62. The van der Waals surface area contributed by atoms with Gasteiger partial charge in [-0.2, -0.15) is 0 Å². The average molecular weight is 293 g/mol. The number of hydrogen-bond donors (Lipinski definition) is 2. The molecule has 0 spiro atoms. The number of nitrogens with one attached hydrogen (secondary N) is 2. The fourth-order valence-corrected chi connectivity index (χ4v) is 2.02. The normalized spacial score (nSPS) is 11.9. The van der Waals surface area contributed by atoms with Crippen LogP contribution in [-0.4, -0.2) is 31.0 Å². The second-order valence-electron chi connectivity index (χ2n) is 5.13. The van der Waals surface area contributed by atoms with Crippen molar-refractivity contribution < 1.29 is 9.72 Å². The van der Waals surface area contributed by atoms with Crippen LogP contribution < -0.4 is 10.6 Å². The van der Waals surface area contributed by atoms with Crippen LogP contribution in [0.3, 0.4) is 0 Å². The minimum absolute atomic E-state index is 0.0235. The van der Waals surface area contributed by atoms with Gasteiger partial charge in [0, 0.05) is 31.1 Å². The van der Waals surface area contributed by atoms with Crippen LogP contribution in [0.4, 0.5) is 5.69 Å². The van der Waals surface area contributed by atoms with E-state index in [1.54, 1.807) is 12.1 Å². The lowest BCUT2D eigenvalue weighted by atomic mass is 10.1. The molecule has 1 unspecified atom stereocenters. The molecule has 0 radical (unpaired) electrons. The van der Waals surface area contributed by atoms with Gasteiger partial charge in [-0.1, -0.05) is 19.1 Å². The number of rotatable bonds is 9. The largest absolute Gasteiger partial charge is 0.356 e. The number of amides is 1. The van der Waals surface area contributed by atoms with E-state index in [2.05, 4.69) is 10.6 Å². The molecule has 0 fully saturated rings. The lowest BCUT2D eigenvalue weighted by molar-refractivity contribution is -0.384. The Labute approximate surface area is 125 Å². The minimum atomic E-state index is -0.397. The van der Waals surface area contributed by atoms with Crippen molar-refractivity contribution in [3.8, 4) is 0 Å². The second-order valence-corrected chi connectivity index (χ2v) is 5.13. The van der Waals surface area contributed by atoms with Crippen LogP contribution in [0, 0.1) is 16.0 Å². The van der Waals surface area contributed by atoms with E-state index in [4.69, 9.17) is 0 Å². The van der Waals surface area contributed by atoms with Crippen LogP contribution in [-0.2, 0) is 11.2 Å². The number of benzene rings is 1. The van der Waals surface area contributed by atoms with Crippen LogP contribution in [0.1, 0.15) is 25.3 Å². The third-order valence-corrected chi connectivity index (χ3v) is 3.30. The number of aryl methyl sites for hydroxylation is 1. The van der Waals surface area contributed by atoms with Crippen molar-refractivity contribution >= 4 is 11.6 Å². The summed E-state index contributed by atoms with van der Waals surface area (Å²) in [6.45, 7) is 3.23. The summed E-state index contributed by atoms with van der Waals surface area (Å²) in [5.41, 5.74) is 1.19. The molecule has 0 heterocycles. The first-order chi connectivity index (χ1) is 10.0. The van der Waals surface area contributed by atoms with Crippen LogP contribution in [0.25, 0.3) is 0 Å². The molecular formula is C15H23N3O3. The molecule has 1 atom stereocenters. The molecule has 0 bridgehead atoms. The molecular weight excluding hydrogens is 270 g/mol. The molecule has 1 rings (SSSR count). The van der Waals surface area contributed by atoms with Gasteiger partial charge in [-0.25, -0.2) is 0 Å². The predicted octanol–water partition coefficient (Wildman–Crippen LogP) is 1.89. The zero-order valence-electron chi connectivity index (χ0n) is 12.6. The second kappa shape index (κ2) is 9.07. The highest BCUT2D eigenvalue weighted by Crippen LogP contribution is 2.13. The molecule has 1 aromatic rings. The van der Waals surface area contributed by atoms with Gasteiger partial charge in [0.05, 0.1) is 4.92 Å². The third-order valence-electron chi connectivity index (χ3n) is 3.30. The van der Waals surface area contributed by atoms with E-state index in [1.807, 2.05) is 14.0 Å². The Bertz CT molecular complexity index is 460. The maximum Gasteiger partial charge on any atom is 0.269 e. The molecule has 1 aromatic carbocycles. The highest BCUT2D eigenvalue weighted by atomic mass is 16.6. The van der Waals surface area contributed by atoms with Crippen molar-refractivity contribution in [1.82, 2.24) is 10.6 Å². The van der Waals surface area contributed by atoms with Crippen LogP contribution >= 0.6 is 0 Å². The summed E-state index contributed by atoms with van der Waals surface area (Å²) < 4.78 is 0. The Morgan fingerprint density at radius 1 is 1.29 bits per heavy atom. The monoisotopic (exact) mass is 293 g/mol. The Kier molecular flexibility index (Phi) is 7.39. The number of unbranched alkanes of at least 4 members (excludes halogenated alkanes) is 1. The predicted molar refractivity (Wildman–Crippen MR) is 82.1 cm³/mol. The summed E-state index contributed by atoms with van der Waals surface area (Å²) >= 11 is 0. The minimum Gasteiger partial charge on any atom is -0.356 e. The number of nitro benzene ring substituents is 1. The van der Waals surface area contributed by atoms with Gasteiger partial charge >= 0.3 is 0 Å². The molecule has 0 aliphatic carbocycles. The number of hydrogen-bond acceptors (Lipinski definition) is 4. The molecule has 1 amide bonds. The molecule has 0 aliphatic heterocycles. The zero-order chi connectivity index (χ0) is 15.7. The lowest BCUT2D eigenvalue weighted by Crippen LogP contribution is -2.34. The topological polar surface area (TPSA) is 84.3 Å². The average Bonchev–Trinajstić information content (AvgIpc) is 2.47. The van der Waals surface area contributed by atoms with E-state index >= 15 is 0 Å². The van der Waals surface area contributed by atoms with Gasteiger partial charge in [-0.15, -0.1) is 0 Å². The van der Waals surface area contributed by atoms with Crippen LogP contribution in [0.5, 0.6) is 0 Å². The smallest absolute Gasteiger partial charge is 0.269 e. The Morgan fingerprint density at radius 3 is 2.52 bits per heavy atom. The first-order valence-corrected chi connectivity index (χ1v) is 7.20. The molecule has 2 N–H and O–H groups in total. The Balaban J connectivity index is 2.19. The molecule has 0 saturated heterocycles. The third kappa shape index (κ3) is 6.35. The first-order valence-electron chi connectivity index (χ1n) is 7.20. The summed E-state index contributed by atoms with van der Waals surface area (Å²) in [4.78, 5) is 21.8. The number of nitrogens with zero attached hydrogens (tertiary/aromatic N) is 1. The molecule has 116 valence electrons. The van der Waals surface area contributed by atoms with E-state index in [-0.39, 0.29) is 17.5 Å². The summed E-state index contributed by atoms with van der Waals surface area (Å²) in [5, 5.41) is 16.4. The summed E-state index contributed by atoms with van der Waals surface area (Å²) in [6.07, 6.45) is 2.70. The first kappa shape index (κ1) is 17.1. The van der Waals surface area contributed by atoms with Crippen LogP contribution in [0.15, 0.2) is 24.3 Å². The SMILES string of the molecule is CNCC(C)C(=O)NCCCCc1ccc([N+](=O)[O-])cc1. The number of carbonyl (C=O) groups excluding carboxylic acids is 1. The molecule has 6 heteroatoms. The van der Waals surface area contributed by atoms with E-state index in [9.17, 15) is 14.9 Å². The molecule has 0 aromatic heterocycles. The standard InChI is InChI=1S/C15H23N3O3/c1-12(11-16-2)15(19)17-10-4-3-5-13-6-8-14(9-7-13)18(20)21/h6-9,12,16H,3-5,10-11H2,1-2H3,(H,17,19). The van der Waals surface area contributed by atoms with Gasteiger partial charge in [0.1, 0.15) is 0 Å².